The summed E-state index contributed by atoms with van der Waals surface area (Å²) in [5.74, 6) is 0.661. The highest BCUT2D eigenvalue weighted by atomic mass is 14.8. The van der Waals surface area contributed by atoms with E-state index in [2.05, 4.69) is 35.3 Å². The molecule has 0 fully saturated rings. The van der Waals surface area contributed by atoms with Gasteiger partial charge in [0.15, 0.2) is 0 Å². The third-order valence-corrected chi connectivity index (χ3v) is 3.12. The van der Waals surface area contributed by atoms with E-state index in [9.17, 15) is 0 Å². The van der Waals surface area contributed by atoms with Crippen LogP contribution in [0.15, 0.2) is 65.8 Å². The van der Waals surface area contributed by atoms with Gasteiger partial charge in [0.1, 0.15) is 5.84 Å². The van der Waals surface area contributed by atoms with Gasteiger partial charge in [0.05, 0.1) is 0 Å². The van der Waals surface area contributed by atoms with E-state index in [1.807, 2.05) is 30.5 Å². The molecule has 0 saturated carbocycles. The molecule has 1 heterocycles. The Balaban J connectivity index is 2.20. The minimum atomic E-state index is 0.661. The predicted octanol–water partition coefficient (Wildman–Crippen LogP) is 2.99. The second-order valence-electron chi connectivity index (χ2n) is 4.36. The molecule has 1 aliphatic heterocycles. The molecular weight excluding hydrogens is 220 g/mol. The van der Waals surface area contributed by atoms with Gasteiger partial charge >= 0.3 is 0 Å². The molecule has 0 aliphatic carbocycles. The minimum absolute atomic E-state index is 0.661. The van der Waals surface area contributed by atoms with Gasteiger partial charge in [-0.05, 0) is 16.7 Å². The van der Waals surface area contributed by atoms with Crippen molar-refractivity contribution in [2.24, 2.45) is 10.7 Å². The summed E-state index contributed by atoms with van der Waals surface area (Å²) in [6.07, 6.45) is 2.58. The Morgan fingerprint density at radius 3 is 2.44 bits per heavy atom. The zero-order chi connectivity index (χ0) is 12.4. The predicted molar refractivity (Wildman–Crippen MR) is 75.3 cm³/mol. The van der Waals surface area contributed by atoms with E-state index < -0.39 is 0 Å². The molecule has 0 bridgehead atoms. The molecule has 2 aromatic carbocycles. The van der Waals surface area contributed by atoms with Crippen molar-refractivity contribution < 1.29 is 0 Å². The molecule has 2 heteroatoms. The summed E-state index contributed by atoms with van der Waals surface area (Å²) < 4.78 is 0. The van der Waals surface area contributed by atoms with Crippen molar-refractivity contribution in [2.75, 3.05) is 0 Å². The van der Waals surface area contributed by atoms with E-state index in [1.54, 1.807) is 0 Å². The zero-order valence-electron chi connectivity index (χ0n) is 10.0. The maximum Gasteiger partial charge on any atom is 0.103 e. The Kier molecular flexibility index (Phi) is 2.69. The number of nitrogens with zero attached hydrogens (tertiary/aromatic N) is 1. The first-order chi connectivity index (χ1) is 8.84. The molecule has 88 valence electrons. The molecular formula is C16H14N2. The summed E-state index contributed by atoms with van der Waals surface area (Å²) in [7, 11) is 0. The molecule has 0 amide bonds. The first-order valence-corrected chi connectivity index (χ1v) is 6.00. The van der Waals surface area contributed by atoms with Gasteiger partial charge in [-0.25, -0.2) is 4.99 Å². The second kappa shape index (κ2) is 4.49. The van der Waals surface area contributed by atoms with Gasteiger partial charge < -0.3 is 5.73 Å². The molecule has 1 aliphatic rings. The first-order valence-electron chi connectivity index (χ1n) is 6.00. The van der Waals surface area contributed by atoms with Crippen molar-refractivity contribution in [3.63, 3.8) is 0 Å². The summed E-state index contributed by atoms with van der Waals surface area (Å²) >= 11 is 0. The Morgan fingerprint density at radius 2 is 1.61 bits per heavy atom. The summed E-state index contributed by atoms with van der Waals surface area (Å²) in [6, 6.07) is 18.6. The van der Waals surface area contributed by atoms with Crippen LogP contribution >= 0.6 is 0 Å². The van der Waals surface area contributed by atoms with Crippen molar-refractivity contribution in [2.45, 2.75) is 6.42 Å². The van der Waals surface area contributed by atoms with E-state index >= 15 is 0 Å². The monoisotopic (exact) mass is 234 g/mol. The third-order valence-electron chi connectivity index (χ3n) is 3.12. The van der Waals surface area contributed by atoms with Crippen LogP contribution < -0.4 is 5.73 Å². The van der Waals surface area contributed by atoms with Gasteiger partial charge in [-0.2, -0.15) is 0 Å². The highest BCUT2D eigenvalue weighted by molar-refractivity contribution is 5.91. The van der Waals surface area contributed by atoms with Crippen molar-refractivity contribution in [1.82, 2.24) is 0 Å². The van der Waals surface area contributed by atoms with Crippen LogP contribution in [0.25, 0.3) is 5.57 Å². The van der Waals surface area contributed by atoms with Crippen LogP contribution in [0.4, 0.5) is 0 Å². The molecule has 0 aromatic heterocycles. The van der Waals surface area contributed by atoms with Crippen LogP contribution in [-0.2, 0) is 6.42 Å². The highest BCUT2D eigenvalue weighted by Crippen LogP contribution is 2.28. The SMILES string of the molecule is NC1=NC=C(c2ccccc2)c2ccccc2C1. The van der Waals surface area contributed by atoms with Crippen LogP contribution in [0.3, 0.4) is 0 Å². The van der Waals surface area contributed by atoms with E-state index in [0.29, 0.717) is 12.3 Å². The first kappa shape index (κ1) is 10.8. The number of aliphatic imine (C=N–C) groups is 1. The van der Waals surface area contributed by atoms with Crippen molar-refractivity contribution in [3.05, 3.63) is 77.5 Å². The Morgan fingerprint density at radius 1 is 0.889 bits per heavy atom. The lowest BCUT2D eigenvalue weighted by atomic mass is 9.94. The number of nitrogens with two attached hydrogens (primary N) is 1. The summed E-state index contributed by atoms with van der Waals surface area (Å²) in [5, 5.41) is 0. The summed E-state index contributed by atoms with van der Waals surface area (Å²) in [4.78, 5) is 4.33. The lowest BCUT2D eigenvalue weighted by molar-refractivity contribution is 1.28. The number of rotatable bonds is 1. The lowest BCUT2D eigenvalue weighted by Gasteiger charge is -2.10. The normalized spacial score (nSPS) is 14.2. The average molecular weight is 234 g/mol. The number of amidine groups is 1. The van der Waals surface area contributed by atoms with E-state index in [-0.39, 0.29) is 0 Å². The van der Waals surface area contributed by atoms with E-state index in [4.69, 9.17) is 5.73 Å². The smallest absolute Gasteiger partial charge is 0.103 e. The number of hydrogen-bond acceptors (Lipinski definition) is 2. The van der Waals surface area contributed by atoms with E-state index in [0.717, 1.165) is 5.57 Å². The largest absolute Gasteiger partial charge is 0.387 e. The van der Waals surface area contributed by atoms with Gasteiger partial charge in [0.2, 0.25) is 0 Å². The van der Waals surface area contributed by atoms with Gasteiger partial charge in [-0.3, -0.25) is 0 Å². The summed E-state index contributed by atoms with van der Waals surface area (Å²) in [6.45, 7) is 0. The molecule has 0 spiro atoms. The molecule has 2 N–H and O–H groups in total. The second-order valence-corrected chi connectivity index (χ2v) is 4.36. The molecule has 0 radical (unpaired) electrons. The lowest BCUT2D eigenvalue weighted by Crippen LogP contribution is -2.14. The van der Waals surface area contributed by atoms with Crippen LogP contribution in [0, 0.1) is 0 Å². The van der Waals surface area contributed by atoms with Crippen LogP contribution in [-0.4, -0.2) is 5.84 Å². The van der Waals surface area contributed by atoms with Gasteiger partial charge in [-0.1, -0.05) is 54.6 Å². The molecule has 0 atom stereocenters. The fourth-order valence-electron chi connectivity index (χ4n) is 2.24. The average Bonchev–Trinajstić information content (AvgIpc) is 2.58. The molecule has 18 heavy (non-hydrogen) atoms. The molecule has 3 rings (SSSR count). The van der Waals surface area contributed by atoms with E-state index in [1.165, 1.54) is 16.7 Å². The zero-order valence-corrected chi connectivity index (χ0v) is 10.0. The fraction of sp³-hybridized carbons (Fsp3) is 0.0625. The fourth-order valence-corrected chi connectivity index (χ4v) is 2.24. The number of fused-ring (bicyclic) bond motifs is 1. The quantitative estimate of drug-likeness (QED) is 0.809. The summed E-state index contributed by atoms with van der Waals surface area (Å²) in [5.41, 5.74) is 10.6. The molecule has 2 nitrogen and oxygen atoms in total. The highest BCUT2D eigenvalue weighted by Gasteiger charge is 2.13. The number of hydrogen-bond donors (Lipinski definition) is 1. The Labute approximate surface area is 106 Å². The van der Waals surface area contributed by atoms with Crippen LogP contribution in [0.1, 0.15) is 16.7 Å². The Bertz CT molecular complexity index is 625. The van der Waals surface area contributed by atoms with Crippen LogP contribution in [0.2, 0.25) is 0 Å². The molecule has 0 unspecified atom stereocenters. The number of benzene rings is 2. The minimum Gasteiger partial charge on any atom is -0.387 e. The maximum atomic E-state index is 5.90. The Hall–Kier alpha value is -2.35. The molecule has 0 saturated heterocycles. The standard InChI is InChI=1S/C16H14N2/c17-16-10-13-8-4-5-9-14(13)15(11-18-16)12-6-2-1-3-7-12/h1-9,11H,10H2,(H2,17,18). The third kappa shape index (κ3) is 1.93. The van der Waals surface area contributed by atoms with Crippen molar-refractivity contribution in [1.29, 1.82) is 0 Å². The molecule has 2 aromatic rings. The van der Waals surface area contributed by atoms with Gasteiger partial charge in [0, 0.05) is 18.2 Å². The van der Waals surface area contributed by atoms with Crippen LogP contribution in [0.5, 0.6) is 0 Å². The van der Waals surface area contributed by atoms with Gasteiger partial charge in [0.25, 0.3) is 0 Å². The topological polar surface area (TPSA) is 38.4 Å². The van der Waals surface area contributed by atoms with Crippen molar-refractivity contribution in [3.8, 4) is 0 Å². The maximum absolute atomic E-state index is 5.90. The van der Waals surface area contributed by atoms with Gasteiger partial charge in [-0.15, -0.1) is 0 Å². The van der Waals surface area contributed by atoms with Crippen molar-refractivity contribution >= 4 is 11.4 Å².